The van der Waals surface area contributed by atoms with Crippen LogP contribution in [0.1, 0.15) is 39.5 Å². The number of likely N-dealkylation sites (tertiary alicyclic amines) is 1. The minimum atomic E-state index is 0.0761. The molecule has 3 fully saturated rings. The van der Waals surface area contributed by atoms with E-state index in [1.165, 1.54) is 25.9 Å². The number of nitrogens with one attached hydrogen (secondary N) is 2. The van der Waals surface area contributed by atoms with Gasteiger partial charge in [0, 0.05) is 57.5 Å². The van der Waals surface area contributed by atoms with Crippen molar-refractivity contribution >= 4 is 5.96 Å². The maximum absolute atomic E-state index is 5.66. The summed E-state index contributed by atoms with van der Waals surface area (Å²) in [6, 6.07) is 0. The highest BCUT2D eigenvalue weighted by Gasteiger charge is 2.39. The van der Waals surface area contributed by atoms with Gasteiger partial charge in [0.25, 0.3) is 0 Å². The fourth-order valence-electron chi connectivity index (χ4n) is 4.60. The summed E-state index contributed by atoms with van der Waals surface area (Å²) in [4.78, 5) is 9.67. The Bertz CT molecular complexity index is 479. The molecule has 0 aromatic heterocycles. The van der Waals surface area contributed by atoms with Gasteiger partial charge in [-0.25, -0.2) is 0 Å². The Morgan fingerprint density at radius 1 is 0.963 bits per heavy atom. The monoisotopic (exact) mass is 381 g/mol. The highest BCUT2D eigenvalue weighted by atomic mass is 16.5. The standard InChI is InChI=1S/C20H39N5O2/c1-19(2,24-10-14-27-15-11-24)16-22-18(21-3)23-17-20(6-12-26-13-7-20)25-8-4-5-9-25/h4-17H2,1-3H3,(H2,21,22,23). The summed E-state index contributed by atoms with van der Waals surface area (Å²) in [7, 11) is 1.86. The van der Waals surface area contributed by atoms with Crippen molar-refractivity contribution in [3.05, 3.63) is 0 Å². The van der Waals surface area contributed by atoms with Crippen molar-refractivity contribution in [2.45, 2.75) is 50.6 Å². The van der Waals surface area contributed by atoms with E-state index in [0.717, 1.165) is 71.4 Å². The van der Waals surface area contributed by atoms with Crippen LogP contribution in [-0.2, 0) is 9.47 Å². The van der Waals surface area contributed by atoms with Gasteiger partial charge in [0.2, 0.25) is 0 Å². The summed E-state index contributed by atoms with van der Waals surface area (Å²) in [6.45, 7) is 14.2. The van der Waals surface area contributed by atoms with Gasteiger partial charge < -0.3 is 20.1 Å². The molecule has 0 radical (unpaired) electrons. The molecule has 0 saturated carbocycles. The van der Waals surface area contributed by atoms with Crippen LogP contribution in [-0.4, -0.2) is 99.6 Å². The second-order valence-corrected chi connectivity index (χ2v) is 8.72. The van der Waals surface area contributed by atoms with E-state index in [9.17, 15) is 0 Å². The minimum absolute atomic E-state index is 0.0761. The number of nitrogens with zero attached hydrogens (tertiary/aromatic N) is 3. The highest BCUT2D eigenvalue weighted by molar-refractivity contribution is 5.79. The van der Waals surface area contributed by atoms with Crippen LogP contribution in [0.25, 0.3) is 0 Å². The number of morpholine rings is 1. The number of guanidine groups is 1. The highest BCUT2D eigenvalue weighted by Crippen LogP contribution is 2.30. The van der Waals surface area contributed by atoms with Gasteiger partial charge in [0.05, 0.1) is 13.2 Å². The summed E-state index contributed by atoms with van der Waals surface area (Å²) in [5, 5.41) is 7.19. The Balaban J connectivity index is 1.52. The first kappa shape index (κ1) is 20.8. The Morgan fingerprint density at radius 2 is 1.59 bits per heavy atom. The zero-order chi connectivity index (χ0) is 19.2. The molecule has 0 amide bonds. The number of aliphatic imine (C=N–C) groups is 1. The third-order valence-electron chi connectivity index (χ3n) is 6.56. The molecule has 7 heteroatoms. The third kappa shape index (κ3) is 5.34. The average Bonchev–Trinajstić information content (AvgIpc) is 3.25. The molecule has 0 aliphatic carbocycles. The third-order valence-corrected chi connectivity index (χ3v) is 6.56. The SMILES string of the molecule is CN=C(NCC(C)(C)N1CCOCC1)NCC1(N2CCCC2)CCOCC1. The average molecular weight is 382 g/mol. The largest absolute Gasteiger partial charge is 0.381 e. The summed E-state index contributed by atoms with van der Waals surface area (Å²) in [6.07, 6.45) is 4.86. The van der Waals surface area contributed by atoms with E-state index < -0.39 is 0 Å². The van der Waals surface area contributed by atoms with E-state index in [2.05, 4.69) is 39.3 Å². The van der Waals surface area contributed by atoms with Gasteiger partial charge in [-0.1, -0.05) is 0 Å². The van der Waals surface area contributed by atoms with E-state index in [1.54, 1.807) is 0 Å². The fourth-order valence-corrected chi connectivity index (χ4v) is 4.60. The molecule has 3 rings (SSSR count). The van der Waals surface area contributed by atoms with Gasteiger partial charge in [0.15, 0.2) is 5.96 Å². The molecule has 156 valence electrons. The Hall–Kier alpha value is -0.890. The van der Waals surface area contributed by atoms with E-state index in [4.69, 9.17) is 9.47 Å². The summed E-state index contributed by atoms with van der Waals surface area (Å²) < 4.78 is 11.2. The number of hydrogen-bond acceptors (Lipinski definition) is 5. The zero-order valence-corrected chi connectivity index (χ0v) is 17.6. The molecule has 3 aliphatic rings. The molecular formula is C20H39N5O2. The van der Waals surface area contributed by atoms with Gasteiger partial charge >= 0.3 is 0 Å². The zero-order valence-electron chi connectivity index (χ0n) is 17.6. The fraction of sp³-hybridized carbons (Fsp3) is 0.950. The first-order valence-corrected chi connectivity index (χ1v) is 10.7. The summed E-state index contributed by atoms with van der Waals surface area (Å²) in [5.41, 5.74) is 0.290. The Labute approximate surface area is 164 Å². The lowest BCUT2D eigenvalue weighted by molar-refractivity contribution is -0.0166. The molecule has 27 heavy (non-hydrogen) atoms. The number of ether oxygens (including phenoxy) is 2. The predicted molar refractivity (Wildman–Crippen MR) is 109 cm³/mol. The van der Waals surface area contributed by atoms with Crippen molar-refractivity contribution in [1.29, 1.82) is 0 Å². The lowest BCUT2D eigenvalue weighted by Gasteiger charge is -2.45. The van der Waals surface area contributed by atoms with Crippen LogP contribution in [0.5, 0.6) is 0 Å². The van der Waals surface area contributed by atoms with E-state index in [-0.39, 0.29) is 11.1 Å². The van der Waals surface area contributed by atoms with Gasteiger partial charge in [0.1, 0.15) is 0 Å². The van der Waals surface area contributed by atoms with Crippen LogP contribution < -0.4 is 10.6 Å². The molecule has 3 saturated heterocycles. The molecule has 7 nitrogen and oxygen atoms in total. The molecule has 0 aromatic rings. The smallest absolute Gasteiger partial charge is 0.191 e. The summed E-state index contributed by atoms with van der Waals surface area (Å²) >= 11 is 0. The van der Waals surface area contributed by atoms with Crippen LogP contribution in [0, 0.1) is 0 Å². The molecule has 0 unspecified atom stereocenters. The van der Waals surface area contributed by atoms with E-state index in [1.807, 2.05) is 7.05 Å². The first-order chi connectivity index (χ1) is 13.1. The molecule has 0 bridgehead atoms. The predicted octanol–water partition coefficient (Wildman–Crippen LogP) is 0.907. The maximum atomic E-state index is 5.66. The van der Waals surface area contributed by atoms with Crippen LogP contribution in [0.3, 0.4) is 0 Å². The van der Waals surface area contributed by atoms with Crippen LogP contribution in [0.15, 0.2) is 4.99 Å². The minimum Gasteiger partial charge on any atom is -0.381 e. The maximum Gasteiger partial charge on any atom is 0.191 e. The van der Waals surface area contributed by atoms with Gasteiger partial charge in [-0.2, -0.15) is 0 Å². The molecule has 3 heterocycles. The molecule has 0 spiro atoms. The van der Waals surface area contributed by atoms with E-state index >= 15 is 0 Å². The number of rotatable bonds is 6. The van der Waals surface area contributed by atoms with Crippen LogP contribution >= 0.6 is 0 Å². The Kier molecular flexibility index (Phi) is 7.36. The Morgan fingerprint density at radius 3 is 2.22 bits per heavy atom. The van der Waals surface area contributed by atoms with E-state index in [0.29, 0.717) is 0 Å². The van der Waals surface area contributed by atoms with Crippen molar-refractivity contribution in [3.63, 3.8) is 0 Å². The first-order valence-electron chi connectivity index (χ1n) is 10.7. The lowest BCUT2D eigenvalue weighted by Crippen LogP contribution is -2.60. The van der Waals surface area contributed by atoms with Crippen molar-refractivity contribution in [2.24, 2.45) is 4.99 Å². The summed E-state index contributed by atoms with van der Waals surface area (Å²) in [5.74, 6) is 0.904. The normalized spacial score (nSPS) is 25.5. The van der Waals surface area contributed by atoms with Crippen molar-refractivity contribution in [3.8, 4) is 0 Å². The topological polar surface area (TPSA) is 61.4 Å². The molecule has 0 aromatic carbocycles. The molecular weight excluding hydrogens is 342 g/mol. The van der Waals surface area contributed by atoms with Crippen molar-refractivity contribution in [1.82, 2.24) is 20.4 Å². The van der Waals surface area contributed by atoms with Crippen LogP contribution in [0.4, 0.5) is 0 Å². The quantitative estimate of drug-likeness (QED) is 0.527. The van der Waals surface area contributed by atoms with Gasteiger partial charge in [-0.15, -0.1) is 0 Å². The van der Waals surface area contributed by atoms with Gasteiger partial charge in [-0.05, 0) is 52.6 Å². The van der Waals surface area contributed by atoms with Gasteiger partial charge in [-0.3, -0.25) is 14.8 Å². The molecule has 3 aliphatic heterocycles. The van der Waals surface area contributed by atoms with Crippen molar-refractivity contribution < 1.29 is 9.47 Å². The molecule has 2 N–H and O–H groups in total. The van der Waals surface area contributed by atoms with Crippen LogP contribution in [0.2, 0.25) is 0 Å². The molecule has 0 atom stereocenters. The second-order valence-electron chi connectivity index (χ2n) is 8.72. The lowest BCUT2D eigenvalue weighted by atomic mass is 9.88. The number of hydrogen-bond donors (Lipinski definition) is 2. The van der Waals surface area contributed by atoms with Crippen molar-refractivity contribution in [2.75, 3.05) is 72.7 Å². The second kappa shape index (κ2) is 9.54.